The Balaban J connectivity index is 2.11. The maximum absolute atomic E-state index is 12.5. The van der Waals surface area contributed by atoms with Crippen molar-refractivity contribution >= 4 is 21.8 Å². The molecule has 0 aromatic carbocycles. The molecule has 1 aliphatic carbocycles. The van der Waals surface area contributed by atoms with E-state index in [1.165, 1.54) is 12.8 Å². The number of hydrogen-bond donors (Lipinski definition) is 2. The van der Waals surface area contributed by atoms with Crippen molar-refractivity contribution < 1.29 is 4.79 Å². The summed E-state index contributed by atoms with van der Waals surface area (Å²) in [5, 5.41) is 3.13. The third kappa shape index (κ3) is 3.64. The van der Waals surface area contributed by atoms with E-state index in [2.05, 4.69) is 35.1 Å². The van der Waals surface area contributed by atoms with Crippen LogP contribution in [0.25, 0.3) is 0 Å². The van der Waals surface area contributed by atoms with Crippen LogP contribution in [-0.2, 0) is 0 Å². The number of aromatic nitrogens is 1. The number of nitrogens with zero attached hydrogens (tertiary/aromatic N) is 1. The van der Waals surface area contributed by atoms with Gasteiger partial charge in [0.25, 0.3) is 5.91 Å². The van der Waals surface area contributed by atoms with Gasteiger partial charge >= 0.3 is 0 Å². The molecule has 112 valence electrons. The summed E-state index contributed by atoms with van der Waals surface area (Å²) in [6.45, 7) is 4.14. The van der Waals surface area contributed by atoms with Crippen molar-refractivity contribution in [2.75, 3.05) is 0 Å². The Kier molecular flexibility index (Phi) is 5.27. The number of nitrogens with one attached hydrogen (secondary N) is 1. The largest absolute Gasteiger partial charge is 0.346 e. The molecule has 0 spiro atoms. The van der Waals surface area contributed by atoms with E-state index in [0.717, 1.165) is 23.7 Å². The molecule has 2 unspecified atom stereocenters. The summed E-state index contributed by atoms with van der Waals surface area (Å²) in [4.78, 5) is 12.5. The zero-order chi connectivity index (χ0) is 14.7. The molecule has 1 aliphatic rings. The van der Waals surface area contributed by atoms with Crippen molar-refractivity contribution in [3.05, 3.63) is 22.4 Å². The van der Waals surface area contributed by atoms with Gasteiger partial charge in [0.15, 0.2) is 0 Å². The van der Waals surface area contributed by atoms with E-state index in [4.69, 9.17) is 5.73 Å². The molecule has 4 nitrogen and oxygen atoms in total. The van der Waals surface area contributed by atoms with Crippen LogP contribution in [0.1, 0.15) is 62.5 Å². The topological polar surface area (TPSA) is 60.0 Å². The van der Waals surface area contributed by atoms with Gasteiger partial charge in [-0.3, -0.25) is 4.79 Å². The molecule has 1 aromatic heterocycles. The summed E-state index contributed by atoms with van der Waals surface area (Å²) in [6, 6.07) is 2.30. The maximum Gasteiger partial charge on any atom is 0.268 e. The van der Waals surface area contributed by atoms with Gasteiger partial charge < -0.3 is 15.6 Å². The highest BCUT2D eigenvalue weighted by Crippen LogP contribution is 2.21. The Morgan fingerprint density at radius 1 is 1.40 bits per heavy atom. The molecule has 20 heavy (non-hydrogen) atoms. The van der Waals surface area contributed by atoms with Gasteiger partial charge in [-0.1, -0.05) is 19.3 Å². The van der Waals surface area contributed by atoms with Crippen molar-refractivity contribution in [2.24, 2.45) is 5.73 Å². The van der Waals surface area contributed by atoms with Gasteiger partial charge in [0, 0.05) is 28.8 Å². The van der Waals surface area contributed by atoms with Gasteiger partial charge in [0.05, 0.1) is 0 Å². The zero-order valence-corrected chi connectivity index (χ0v) is 13.8. The number of carbonyl (C=O) groups is 1. The molecule has 5 heteroatoms. The molecule has 0 radical (unpaired) electrons. The van der Waals surface area contributed by atoms with E-state index < -0.39 is 0 Å². The van der Waals surface area contributed by atoms with Crippen molar-refractivity contribution in [2.45, 2.75) is 64.1 Å². The Bertz CT molecular complexity index is 470. The number of halogens is 1. The van der Waals surface area contributed by atoms with Crippen molar-refractivity contribution in [3.63, 3.8) is 0 Å². The minimum absolute atomic E-state index is 0.0215. The Hall–Kier alpha value is -0.810. The first-order valence-corrected chi connectivity index (χ1v) is 8.22. The van der Waals surface area contributed by atoms with Crippen LogP contribution >= 0.6 is 15.9 Å². The first kappa shape index (κ1) is 15.6. The van der Waals surface area contributed by atoms with Crippen LogP contribution in [0.2, 0.25) is 0 Å². The third-order valence-corrected chi connectivity index (χ3v) is 4.42. The second kappa shape index (κ2) is 6.76. The third-order valence-electron chi connectivity index (χ3n) is 3.99. The van der Waals surface area contributed by atoms with Crippen LogP contribution in [0.4, 0.5) is 0 Å². The summed E-state index contributed by atoms with van der Waals surface area (Å²) >= 11 is 3.44. The molecule has 0 aliphatic heterocycles. The van der Waals surface area contributed by atoms with Gasteiger partial charge in [-0.25, -0.2) is 0 Å². The molecule has 2 rings (SSSR count). The number of carbonyl (C=O) groups excluding carboxylic acids is 1. The SMILES string of the molecule is CC(C)n1cc(Br)cc1C(=O)NC1CCCCCC1N. The minimum Gasteiger partial charge on any atom is -0.346 e. The van der Waals surface area contributed by atoms with E-state index in [-0.39, 0.29) is 24.0 Å². The highest BCUT2D eigenvalue weighted by atomic mass is 79.9. The molecule has 3 N–H and O–H groups in total. The lowest BCUT2D eigenvalue weighted by Crippen LogP contribution is -2.47. The van der Waals surface area contributed by atoms with E-state index in [1.807, 2.05) is 16.8 Å². The predicted molar refractivity (Wildman–Crippen MR) is 84.8 cm³/mol. The summed E-state index contributed by atoms with van der Waals surface area (Å²) in [6.07, 6.45) is 7.46. The summed E-state index contributed by atoms with van der Waals surface area (Å²) in [5.74, 6) is -0.0215. The van der Waals surface area contributed by atoms with Gasteiger partial charge in [-0.2, -0.15) is 0 Å². The molecule has 0 saturated heterocycles. The number of amides is 1. The van der Waals surface area contributed by atoms with Crippen LogP contribution in [0.3, 0.4) is 0 Å². The number of rotatable bonds is 3. The fourth-order valence-electron chi connectivity index (χ4n) is 2.81. The fraction of sp³-hybridized carbons (Fsp3) is 0.667. The van der Waals surface area contributed by atoms with Gasteiger partial charge in [-0.05, 0) is 48.7 Å². The average molecular weight is 342 g/mol. The van der Waals surface area contributed by atoms with Crippen LogP contribution < -0.4 is 11.1 Å². The van der Waals surface area contributed by atoms with Gasteiger partial charge in [0.2, 0.25) is 0 Å². The highest BCUT2D eigenvalue weighted by Gasteiger charge is 2.24. The van der Waals surface area contributed by atoms with E-state index >= 15 is 0 Å². The lowest BCUT2D eigenvalue weighted by Gasteiger charge is -2.23. The van der Waals surface area contributed by atoms with Crippen LogP contribution in [0, 0.1) is 0 Å². The summed E-state index contributed by atoms with van der Waals surface area (Å²) in [7, 11) is 0. The Morgan fingerprint density at radius 2 is 2.10 bits per heavy atom. The van der Waals surface area contributed by atoms with Crippen molar-refractivity contribution in [1.82, 2.24) is 9.88 Å². The molecular formula is C15H24BrN3O. The average Bonchev–Trinajstić information content (AvgIpc) is 2.68. The summed E-state index contributed by atoms with van der Waals surface area (Å²) < 4.78 is 2.92. The first-order chi connectivity index (χ1) is 9.49. The molecule has 1 aromatic rings. The molecule has 1 fully saturated rings. The van der Waals surface area contributed by atoms with E-state index in [1.54, 1.807) is 0 Å². The van der Waals surface area contributed by atoms with Crippen LogP contribution in [0.5, 0.6) is 0 Å². The normalized spacial score (nSPS) is 23.6. The zero-order valence-electron chi connectivity index (χ0n) is 12.2. The molecule has 1 saturated carbocycles. The molecule has 2 atom stereocenters. The Morgan fingerprint density at radius 3 is 2.80 bits per heavy atom. The minimum atomic E-state index is -0.0215. The van der Waals surface area contributed by atoms with Crippen molar-refractivity contribution in [1.29, 1.82) is 0 Å². The molecule has 1 heterocycles. The molecule has 1 amide bonds. The first-order valence-electron chi connectivity index (χ1n) is 7.43. The maximum atomic E-state index is 12.5. The number of hydrogen-bond acceptors (Lipinski definition) is 2. The highest BCUT2D eigenvalue weighted by molar-refractivity contribution is 9.10. The van der Waals surface area contributed by atoms with E-state index in [0.29, 0.717) is 5.69 Å². The summed E-state index contributed by atoms with van der Waals surface area (Å²) in [5.41, 5.74) is 6.88. The fourth-order valence-corrected chi connectivity index (χ4v) is 3.25. The number of nitrogens with two attached hydrogens (primary N) is 1. The lowest BCUT2D eigenvalue weighted by atomic mass is 10.0. The second-order valence-electron chi connectivity index (χ2n) is 5.93. The predicted octanol–water partition coefficient (Wildman–Crippen LogP) is 3.22. The Labute approximate surface area is 129 Å². The molecular weight excluding hydrogens is 318 g/mol. The standard InChI is InChI=1S/C15H24BrN3O/c1-10(2)19-9-11(16)8-14(19)15(20)18-13-7-5-3-4-6-12(13)17/h8-10,12-13H,3-7,17H2,1-2H3,(H,18,20). The lowest BCUT2D eigenvalue weighted by molar-refractivity contribution is 0.0918. The van der Waals surface area contributed by atoms with Crippen molar-refractivity contribution in [3.8, 4) is 0 Å². The molecule has 0 bridgehead atoms. The van der Waals surface area contributed by atoms with Gasteiger partial charge in [-0.15, -0.1) is 0 Å². The van der Waals surface area contributed by atoms with E-state index in [9.17, 15) is 4.79 Å². The van der Waals surface area contributed by atoms with Gasteiger partial charge in [0.1, 0.15) is 5.69 Å². The monoisotopic (exact) mass is 341 g/mol. The van der Waals surface area contributed by atoms with Crippen LogP contribution in [-0.4, -0.2) is 22.6 Å². The smallest absolute Gasteiger partial charge is 0.268 e. The quantitative estimate of drug-likeness (QED) is 0.829. The van der Waals surface area contributed by atoms with Crippen LogP contribution in [0.15, 0.2) is 16.7 Å². The second-order valence-corrected chi connectivity index (χ2v) is 6.84.